The third kappa shape index (κ3) is 2.18. The molecule has 0 aliphatic heterocycles. The third-order valence-corrected chi connectivity index (χ3v) is 3.84. The first-order valence-corrected chi connectivity index (χ1v) is 6.95. The Hall–Kier alpha value is -1.88. The number of rotatable bonds is 2. The molecule has 5 heteroatoms. The number of benzene rings is 2. The van der Waals surface area contributed by atoms with Gasteiger partial charge in [0.1, 0.15) is 5.82 Å². The van der Waals surface area contributed by atoms with E-state index in [4.69, 9.17) is 0 Å². The van der Waals surface area contributed by atoms with Crippen LogP contribution in [-0.2, 0) is 13.6 Å². The molecule has 0 amide bonds. The van der Waals surface area contributed by atoms with Crippen molar-refractivity contribution in [3.05, 3.63) is 68.7 Å². The molecule has 0 atom stereocenters. The van der Waals surface area contributed by atoms with E-state index in [-0.39, 0.29) is 11.4 Å². The van der Waals surface area contributed by atoms with Crippen molar-refractivity contribution >= 4 is 26.8 Å². The van der Waals surface area contributed by atoms with Gasteiger partial charge < -0.3 is 0 Å². The number of aromatic nitrogens is 2. The molecule has 0 bridgehead atoms. The molecule has 1 aromatic heterocycles. The minimum Gasteiger partial charge on any atom is -0.278 e. The summed E-state index contributed by atoms with van der Waals surface area (Å²) >= 11 is 3.41. The lowest BCUT2D eigenvalue weighted by Gasteiger charge is -2.09. The Morgan fingerprint density at radius 3 is 2.75 bits per heavy atom. The molecule has 102 valence electrons. The van der Waals surface area contributed by atoms with Crippen LogP contribution in [0.3, 0.4) is 0 Å². The number of fused-ring (bicyclic) bond motifs is 1. The van der Waals surface area contributed by atoms with Crippen LogP contribution in [0.4, 0.5) is 4.39 Å². The highest BCUT2D eigenvalue weighted by atomic mass is 79.9. The zero-order chi connectivity index (χ0) is 14.3. The molecule has 0 saturated carbocycles. The molecule has 2 aromatic carbocycles. The largest absolute Gasteiger partial charge is 0.278 e. The van der Waals surface area contributed by atoms with Crippen LogP contribution >= 0.6 is 15.9 Å². The van der Waals surface area contributed by atoms with Crippen molar-refractivity contribution in [2.75, 3.05) is 0 Å². The summed E-state index contributed by atoms with van der Waals surface area (Å²) in [4.78, 5) is 12.2. The van der Waals surface area contributed by atoms with Gasteiger partial charge in [-0.05, 0) is 35.9 Å². The van der Waals surface area contributed by atoms with E-state index in [2.05, 4.69) is 15.9 Å². The molecule has 0 aliphatic rings. The van der Waals surface area contributed by atoms with Crippen LogP contribution in [0.2, 0.25) is 0 Å². The highest BCUT2D eigenvalue weighted by Crippen LogP contribution is 2.19. The minimum absolute atomic E-state index is 0.0519. The fourth-order valence-electron chi connectivity index (χ4n) is 2.34. The van der Waals surface area contributed by atoms with Gasteiger partial charge in [0.25, 0.3) is 5.56 Å². The standard InChI is InChI=1S/C15H12BrFN2O/c1-18-15(20)13-6-5-11(16)8-14(13)19(18)9-10-3-2-4-12(17)7-10/h2-8H,9H2,1H3. The molecule has 3 rings (SSSR count). The fourth-order valence-corrected chi connectivity index (χ4v) is 2.69. The normalized spacial score (nSPS) is 11.2. The lowest BCUT2D eigenvalue weighted by atomic mass is 10.2. The van der Waals surface area contributed by atoms with Crippen LogP contribution in [-0.4, -0.2) is 9.36 Å². The van der Waals surface area contributed by atoms with Gasteiger partial charge in [-0.1, -0.05) is 28.1 Å². The lowest BCUT2D eigenvalue weighted by molar-refractivity contribution is 0.550. The Bertz CT molecular complexity index is 851. The molecule has 0 spiro atoms. The van der Waals surface area contributed by atoms with Crippen LogP contribution in [0.5, 0.6) is 0 Å². The Kier molecular flexibility index (Phi) is 3.22. The summed E-state index contributed by atoms with van der Waals surface area (Å²) in [7, 11) is 1.72. The highest BCUT2D eigenvalue weighted by molar-refractivity contribution is 9.10. The van der Waals surface area contributed by atoms with Crippen molar-refractivity contribution in [3.63, 3.8) is 0 Å². The molecular weight excluding hydrogens is 323 g/mol. The zero-order valence-corrected chi connectivity index (χ0v) is 12.4. The van der Waals surface area contributed by atoms with Gasteiger partial charge in [0.2, 0.25) is 0 Å². The molecule has 20 heavy (non-hydrogen) atoms. The Morgan fingerprint density at radius 1 is 1.20 bits per heavy atom. The topological polar surface area (TPSA) is 26.9 Å². The molecule has 3 aromatic rings. The summed E-state index contributed by atoms with van der Waals surface area (Å²) in [5.74, 6) is -0.273. The van der Waals surface area contributed by atoms with Gasteiger partial charge in [0.15, 0.2) is 0 Å². The summed E-state index contributed by atoms with van der Waals surface area (Å²) in [6.07, 6.45) is 0. The first-order chi connectivity index (χ1) is 9.56. The van der Waals surface area contributed by atoms with E-state index < -0.39 is 0 Å². The van der Waals surface area contributed by atoms with E-state index in [9.17, 15) is 9.18 Å². The van der Waals surface area contributed by atoms with E-state index in [1.165, 1.54) is 12.1 Å². The molecule has 1 heterocycles. The Morgan fingerprint density at radius 2 is 2.00 bits per heavy atom. The van der Waals surface area contributed by atoms with E-state index in [1.54, 1.807) is 23.9 Å². The Labute approximate surface area is 123 Å². The van der Waals surface area contributed by atoms with Gasteiger partial charge in [0, 0.05) is 11.5 Å². The van der Waals surface area contributed by atoms with Crippen LogP contribution in [0.25, 0.3) is 10.9 Å². The minimum atomic E-state index is -0.273. The molecule has 0 saturated heterocycles. The van der Waals surface area contributed by atoms with Gasteiger partial charge >= 0.3 is 0 Å². The van der Waals surface area contributed by atoms with Crippen LogP contribution < -0.4 is 5.56 Å². The smallest absolute Gasteiger partial charge is 0.274 e. The monoisotopic (exact) mass is 334 g/mol. The lowest BCUT2D eigenvalue weighted by Crippen LogP contribution is -2.19. The van der Waals surface area contributed by atoms with E-state index in [0.717, 1.165) is 15.6 Å². The number of hydrogen-bond donors (Lipinski definition) is 0. The maximum Gasteiger partial charge on any atom is 0.274 e. The van der Waals surface area contributed by atoms with Gasteiger partial charge in [-0.25, -0.2) is 4.39 Å². The predicted molar refractivity (Wildman–Crippen MR) is 80.4 cm³/mol. The quantitative estimate of drug-likeness (QED) is 0.706. The SMILES string of the molecule is Cn1c(=O)c2ccc(Br)cc2n1Cc1cccc(F)c1. The summed E-state index contributed by atoms with van der Waals surface area (Å²) < 4.78 is 17.6. The van der Waals surface area contributed by atoms with Gasteiger partial charge in [0.05, 0.1) is 17.4 Å². The molecule has 0 aliphatic carbocycles. The maximum atomic E-state index is 13.3. The van der Waals surface area contributed by atoms with Crippen LogP contribution in [0.1, 0.15) is 5.56 Å². The molecular formula is C15H12BrFN2O. The molecule has 3 nitrogen and oxygen atoms in total. The fraction of sp³-hybridized carbons (Fsp3) is 0.133. The first kappa shape index (κ1) is 13.1. The Balaban J connectivity index is 2.18. The van der Waals surface area contributed by atoms with Gasteiger partial charge in [-0.3, -0.25) is 14.2 Å². The van der Waals surface area contributed by atoms with Crippen molar-refractivity contribution in [2.24, 2.45) is 7.05 Å². The van der Waals surface area contributed by atoms with E-state index in [0.29, 0.717) is 11.9 Å². The second kappa shape index (κ2) is 4.90. The predicted octanol–water partition coefficient (Wildman–Crippen LogP) is 3.29. The van der Waals surface area contributed by atoms with E-state index >= 15 is 0 Å². The second-order valence-electron chi connectivity index (χ2n) is 4.68. The first-order valence-electron chi connectivity index (χ1n) is 6.16. The summed E-state index contributed by atoms with van der Waals surface area (Å²) in [5.41, 5.74) is 1.59. The second-order valence-corrected chi connectivity index (χ2v) is 5.59. The zero-order valence-electron chi connectivity index (χ0n) is 10.8. The molecule has 0 N–H and O–H groups in total. The third-order valence-electron chi connectivity index (χ3n) is 3.35. The van der Waals surface area contributed by atoms with Crippen molar-refractivity contribution in [3.8, 4) is 0 Å². The van der Waals surface area contributed by atoms with Gasteiger partial charge in [-0.15, -0.1) is 0 Å². The molecule has 0 fully saturated rings. The number of halogens is 2. The van der Waals surface area contributed by atoms with Crippen molar-refractivity contribution in [1.29, 1.82) is 0 Å². The average molecular weight is 335 g/mol. The number of nitrogens with zero attached hydrogens (tertiary/aromatic N) is 2. The summed E-state index contributed by atoms with van der Waals surface area (Å²) in [5, 5.41) is 0.659. The summed E-state index contributed by atoms with van der Waals surface area (Å²) in [6, 6.07) is 11.9. The average Bonchev–Trinajstić information content (AvgIpc) is 2.64. The van der Waals surface area contributed by atoms with Crippen LogP contribution in [0, 0.1) is 5.82 Å². The van der Waals surface area contributed by atoms with Crippen LogP contribution in [0.15, 0.2) is 51.7 Å². The molecule has 0 unspecified atom stereocenters. The van der Waals surface area contributed by atoms with Crippen molar-refractivity contribution in [2.45, 2.75) is 6.54 Å². The van der Waals surface area contributed by atoms with Crippen molar-refractivity contribution in [1.82, 2.24) is 9.36 Å². The van der Waals surface area contributed by atoms with Crippen molar-refractivity contribution < 1.29 is 4.39 Å². The number of hydrogen-bond acceptors (Lipinski definition) is 1. The van der Waals surface area contributed by atoms with E-state index in [1.807, 2.05) is 22.9 Å². The molecule has 0 radical (unpaired) electrons. The maximum absolute atomic E-state index is 13.3. The summed E-state index contributed by atoms with van der Waals surface area (Å²) in [6.45, 7) is 0.448. The van der Waals surface area contributed by atoms with Gasteiger partial charge in [-0.2, -0.15) is 0 Å². The highest BCUT2D eigenvalue weighted by Gasteiger charge is 2.11.